The average Bonchev–Trinajstić information content (AvgIpc) is 1.81. The molecule has 0 aliphatic rings. The van der Waals surface area contributed by atoms with E-state index in [2.05, 4.69) is 6.08 Å². The molecule has 0 atom stereocenters. The van der Waals surface area contributed by atoms with E-state index in [9.17, 15) is 0 Å². The maximum Gasteiger partial charge on any atom is 0.0751 e. The smallest absolute Gasteiger partial charge is 0.0751 e. The normalized spacial score (nSPS) is 11.6. The molecule has 8 heavy (non-hydrogen) atoms. The molecule has 0 bridgehead atoms. The quantitative estimate of drug-likeness (QED) is 0.337. The van der Waals surface area contributed by atoms with Crippen molar-refractivity contribution in [3.63, 3.8) is 0 Å². The highest BCUT2D eigenvalue weighted by molar-refractivity contribution is 4.81. The first-order valence-electron chi connectivity index (χ1n) is 2.82. The van der Waals surface area contributed by atoms with Crippen LogP contribution in [0.4, 0.5) is 0 Å². The molecular formula is C7H12O. The highest BCUT2D eigenvalue weighted by Gasteiger charge is 1.71. The van der Waals surface area contributed by atoms with Gasteiger partial charge in [-0.3, -0.25) is 0 Å². The lowest BCUT2D eigenvalue weighted by Gasteiger charge is -1.80. The fourth-order valence-corrected chi connectivity index (χ4v) is 0.434. The molecule has 46 valence electrons. The van der Waals surface area contributed by atoms with Crippen molar-refractivity contribution >= 4 is 0 Å². The molecule has 0 rings (SSSR count). The zero-order valence-corrected chi connectivity index (χ0v) is 5.17. The number of aliphatic hydroxyl groups is 1. The van der Waals surface area contributed by atoms with Crippen molar-refractivity contribution in [1.29, 1.82) is 0 Å². The fourth-order valence-electron chi connectivity index (χ4n) is 0.434. The van der Waals surface area contributed by atoms with Crippen molar-refractivity contribution in [2.75, 3.05) is 0 Å². The molecule has 0 unspecified atom stereocenters. The van der Waals surface area contributed by atoms with Gasteiger partial charge in [0.1, 0.15) is 0 Å². The summed E-state index contributed by atoms with van der Waals surface area (Å²) in [6.07, 6.45) is 8.85. The van der Waals surface area contributed by atoms with Crippen LogP contribution in [0.25, 0.3) is 0 Å². The van der Waals surface area contributed by atoms with Gasteiger partial charge in [-0.15, -0.1) is 0 Å². The molecule has 0 saturated carbocycles. The lowest BCUT2D eigenvalue weighted by Crippen LogP contribution is -1.62. The molecule has 0 amide bonds. The van der Waals surface area contributed by atoms with Crippen molar-refractivity contribution in [3.05, 3.63) is 24.5 Å². The Hall–Kier alpha value is -0.720. The summed E-state index contributed by atoms with van der Waals surface area (Å²) in [6, 6.07) is 0. The summed E-state index contributed by atoms with van der Waals surface area (Å²) in [5, 5.41) is 8.16. The van der Waals surface area contributed by atoms with Crippen molar-refractivity contribution in [2.24, 2.45) is 0 Å². The molecule has 0 aromatic rings. The first kappa shape index (κ1) is 7.28. The number of rotatable bonds is 3. The molecule has 0 aliphatic heterocycles. The third-order valence-electron chi connectivity index (χ3n) is 0.841. The number of hydrogen-bond acceptors (Lipinski definition) is 1. The number of aliphatic hydroxyl groups excluding tert-OH is 1. The maximum absolute atomic E-state index is 8.16. The van der Waals surface area contributed by atoms with Gasteiger partial charge in [0.15, 0.2) is 0 Å². The average molecular weight is 112 g/mol. The van der Waals surface area contributed by atoms with E-state index >= 15 is 0 Å². The summed E-state index contributed by atoms with van der Waals surface area (Å²) in [4.78, 5) is 0. The largest absolute Gasteiger partial charge is 0.516 e. The summed E-state index contributed by atoms with van der Waals surface area (Å²) in [5.41, 5.74) is 0. The van der Waals surface area contributed by atoms with Gasteiger partial charge >= 0.3 is 0 Å². The van der Waals surface area contributed by atoms with E-state index < -0.39 is 0 Å². The maximum atomic E-state index is 8.16. The molecule has 0 radical (unpaired) electrons. The second-order valence-corrected chi connectivity index (χ2v) is 1.53. The Kier molecular flexibility index (Phi) is 5.71. The van der Waals surface area contributed by atoms with Crippen LogP contribution in [0.1, 0.15) is 19.8 Å². The van der Waals surface area contributed by atoms with Crippen LogP contribution in [0.2, 0.25) is 0 Å². The monoisotopic (exact) mass is 112 g/mol. The molecule has 0 aromatic heterocycles. The van der Waals surface area contributed by atoms with Crippen LogP contribution in [0.3, 0.4) is 0 Å². The molecule has 0 fully saturated rings. The lowest BCUT2D eigenvalue weighted by molar-refractivity contribution is 0.471. The highest BCUT2D eigenvalue weighted by atomic mass is 16.2. The minimum absolute atomic E-state index is 0.931. The van der Waals surface area contributed by atoms with Crippen molar-refractivity contribution in [3.8, 4) is 0 Å². The molecular weight excluding hydrogens is 100 g/mol. The summed E-state index contributed by atoms with van der Waals surface area (Å²) >= 11 is 0. The Morgan fingerprint density at radius 1 is 1.25 bits per heavy atom. The highest BCUT2D eigenvalue weighted by Crippen LogP contribution is 1.90. The van der Waals surface area contributed by atoms with E-state index in [4.69, 9.17) is 5.11 Å². The van der Waals surface area contributed by atoms with E-state index in [0.717, 1.165) is 19.1 Å². The minimum Gasteiger partial charge on any atom is -0.516 e. The van der Waals surface area contributed by atoms with Crippen molar-refractivity contribution in [1.82, 2.24) is 0 Å². The van der Waals surface area contributed by atoms with Gasteiger partial charge in [-0.05, 0) is 25.8 Å². The molecule has 0 saturated heterocycles. The molecule has 1 nitrogen and oxygen atoms in total. The van der Waals surface area contributed by atoms with Gasteiger partial charge in [-0.25, -0.2) is 0 Å². The van der Waals surface area contributed by atoms with Gasteiger partial charge in [0.25, 0.3) is 0 Å². The predicted octanol–water partition coefficient (Wildman–Crippen LogP) is 2.41. The zero-order valence-electron chi connectivity index (χ0n) is 5.17. The Morgan fingerprint density at radius 3 is 2.38 bits per heavy atom. The predicted molar refractivity (Wildman–Crippen MR) is 35.8 cm³/mol. The van der Waals surface area contributed by atoms with E-state index in [1.807, 2.05) is 13.0 Å². The van der Waals surface area contributed by atoms with E-state index in [1.165, 1.54) is 0 Å². The lowest BCUT2D eigenvalue weighted by atomic mass is 10.3. The summed E-state index contributed by atoms with van der Waals surface area (Å²) in [6.45, 7) is 1.99. The van der Waals surface area contributed by atoms with Gasteiger partial charge in [-0.1, -0.05) is 12.2 Å². The summed E-state index contributed by atoms with van der Waals surface area (Å²) in [7, 11) is 0. The van der Waals surface area contributed by atoms with Crippen LogP contribution in [0.5, 0.6) is 0 Å². The minimum atomic E-state index is 0.931. The number of allylic oxidation sites excluding steroid dienone is 3. The Bertz CT molecular complexity index is 70.4. The first-order chi connectivity index (χ1) is 3.91. The van der Waals surface area contributed by atoms with Crippen molar-refractivity contribution in [2.45, 2.75) is 19.8 Å². The first-order valence-corrected chi connectivity index (χ1v) is 2.82. The second-order valence-electron chi connectivity index (χ2n) is 1.53. The third-order valence-corrected chi connectivity index (χ3v) is 0.841. The summed E-state index contributed by atoms with van der Waals surface area (Å²) < 4.78 is 0. The molecule has 1 heteroatoms. The van der Waals surface area contributed by atoms with Crippen LogP contribution in [0, 0.1) is 0 Å². The summed E-state index contributed by atoms with van der Waals surface area (Å²) in [5.74, 6) is 0. The topological polar surface area (TPSA) is 20.2 Å². The van der Waals surface area contributed by atoms with E-state index in [0.29, 0.717) is 0 Å². The Labute approximate surface area is 50.3 Å². The third kappa shape index (κ3) is 5.28. The molecule has 0 aromatic carbocycles. The van der Waals surface area contributed by atoms with Crippen LogP contribution < -0.4 is 0 Å². The van der Waals surface area contributed by atoms with Crippen LogP contribution in [-0.4, -0.2) is 5.11 Å². The fraction of sp³-hybridized carbons (Fsp3) is 0.429. The van der Waals surface area contributed by atoms with Gasteiger partial charge in [0.05, 0.1) is 6.26 Å². The van der Waals surface area contributed by atoms with Crippen LogP contribution in [-0.2, 0) is 0 Å². The van der Waals surface area contributed by atoms with E-state index in [1.54, 1.807) is 6.08 Å². The number of unbranched alkanes of at least 4 members (excludes halogenated alkanes) is 1. The Balaban J connectivity index is 2.93. The number of hydrogen-bond donors (Lipinski definition) is 1. The zero-order chi connectivity index (χ0) is 6.24. The van der Waals surface area contributed by atoms with Gasteiger partial charge < -0.3 is 5.11 Å². The molecule has 0 heterocycles. The molecule has 0 spiro atoms. The van der Waals surface area contributed by atoms with Gasteiger partial charge in [-0.2, -0.15) is 0 Å². The van der Waals surface area contributed by atoms with Crippen LogP contribution >= 0.6 is 0 Å². The Morgan fingerprint density at radius 2 is 1.88 bits per heavy atom. The van der Waals surface area contributed by atoms with E-state index in [-0.39, 0.29) is 0 Å². The SMILES string of the molecule is C/C=C/CC/C=C/O. The molecule has 1 N–H and O–H groups in total. The molecule has 0 aliphatic carbocycles. The van der Waals surface area contributed by atoms with Crippen LogP contribution in [0.15, 0.2) is 24.5 Å². The van der Waals surface area contributed by atoms with Gasteiger partial charge in [0.2, 0.25) is 0 Å². The van der Waals surface area contributed by atoms with Crippen molar-refractivity contribution < 1.29 is 5.11 Å². The second kappa shape index (κ2) is 6.28. The standard InChI is InChI=1S/C7H12O/c1-2-3-4-5-6-7-8/h2-3,6-8H,4-5H2,1H3/b3-2+,7-6+. The van der Waals surface area contributed by atoms with Gasteiger partial charge in [0, 0.05) is 0 Å².